The Labute approximate surface area is 207 Å². The summed E-state index contributed by atoms with van der Waals surface area (Å²) < 4.78 is 3.52. The minimum Gasteiger partial charge on any atom is -0.318 e. The van der Waals surface area contributed by atoms with Crippen molar-refractivity contribution >= 4 is 11.2 Å². The Kier molecular flexibility index (Phi) is 6.32. The van der Waals surface area contributed by atoms with Crippen molar-refractivity contribution in [2.45, 2.75) is 46.7 Å². The number of aryl methyl sites for hydroxylation is 1. The molecule has 3 heterocycles. The van der Waals surface area contributed by atoms with E-state index in [1.807, 2.05) is 54.8 Å². The summed E-state index contributed by atoms with van der Waals surface area (Å²) >= 11 is 0. The van der Waals surface area contributed by atoms with Crippen LogP contribution in [0.2, 0.25) is 0 Å². The maximum Gasteiger partial charge on any atom is 0.330 e. The fraction of sp³-hybridized carbons (Fsp3) is 0.308. The monoisotopic (exact) mass is 484 g/mol. The van der Waals surface area contributed by atoms with Crippen LogP contribution in [0.1, 0.15) is 38.6 Å². The van der Waals surface area contributed by atoms with Gasteiger partial charge in [-0.25, -0.2) is 14.9 Å². The molecule has 0 amide bonds. The molecule has 2 N–H and O–H groups in total. The van der Waals surface area contributed by atoms with Gasteiger partial charge in [-0.15, -0.1) is 5.10 Å². The van der Waals surface area contributed by atoms with E-state index in [-0.39, 0.29) is 5.92 Å². The lowest BCUT2D eigenvalue weighted by molar-refractivity contribution is 0.513. The highest BCUT2D eigenvalue weighted by Crippen LogP contribution is 2.30. The van der Waals surface area contributed by atoms with Crippen LogP contribution in [0.15, 0.2) is 58.1 Å². The van der Waals surface area contributed by atoms with E-state index < -0.39 is 11.2 Å². The number of fused-ring (bicyclic) bond motifs is 1. The molecule has 2 aromatic carbocycles. The minimum atomic E-state index is -0.418. The predicted octanol–water partition coefficient (Wildman–Crippen LogP) is 3.39. The van der Waals surface area contributed by atoms with E-state index in [1.54, 1.807) is 4.57 Å². The molecule has 10 nitrogen and oxygen atoms in total. The van der Waals surface area contributed by atoms with E-state index in [9.17, 15) is 9.59 Å². The number of tetrazole rings is 1. The van der Waals surface area contributed by atoms with E-state index in [0.29, 0.717) is 36.5 Å². The van der Waals surface area contributed by atoms with Crippen LogP contribution in [0.25, 0.3) is 33.7 Å². The van der Waals surface area contributed by atoms with Gasteiger partial charge in [-0.1, -0.05) is 69.3 Å². The van der Waals surface area contributed by atoms with Gasteiger partial charge in [-0.05, 0) is 39.5 Å². The molecule has 36 heavy (non-hydrogen) atoms. The van der Waals surface area contributed by atoms with Gasteiger partial charge in [0.25, 0.3) is 5.56 Å². The summed E-state index contributed by atoms with van der Waals surface area (Å²) in [6, 6.07) is 16.1. The zero-order valence-corrected chi connectivity index (χ0v) is 20.5. The van der Waals surface area contributed by atoms with Crippen LogP contribution in [-0.2, 0) is 19.5 Å². The van der Waals surface area contributed by atoms with Gasteiger partial charge in [0.15, 0.2) is 17.0 Å². The van der Waals surface area contributed by atoms with E-state index in [1.165, 1.54) is 0 Å². The number of imidazole rings is 1. The number of H-pyrrole nitrogens is 2. The molecule has 0 aliphatic carbocycles. The first kappa shape index (κ1) is 23.4. The lowest BCUT2D eigenvalue weighted by Crippen LogP contribution is -2.32. The van der Waals surface area contributed by atoms with Crippen molar-refractivity contribution < 1.29 is 0 Å². The molecule has 0 radical (unpaired) electrons. The number of aromatic nitrogens is 8. The third kappa shape index (κ3) is 4.37. The first-order valence-corrected chi connectivity index (χ1v) is 12.1. The fourth-order valence-electron chi connectivity index (χ4n) is 4.52. The van der Waals surface area contributed by atoms with Crippen molar-refractivity contribution in [3.8, 4) is 22.5 Å². The highest BCUT2D eigenvalue weighted by atomic mass is 16.2. The molecule has 10 heteroatoms. The molecule has 0 fully saturated rings. The molecule has 0 atom stereocenters. The minimum absolute atomic E-state index is 0.236. The van der Waals surface area contributed by atoms with Gasteiger partial charge in [0.05, 0.1) is 0 Å². The summed E-state index contributed by atoms with van der Waals surface area (Å²) in [7, 11) is 0. The van der Waals surface area contributed by atoms with Crippen LogP contribution in [0.5, 0.6) is 0 Å². The third-order valence-corrected chi connectivity index (χ3v) is 6.12. The smallest absolute Gasteiger partial charge is 0.318 e. The van der Waals surface area contributed by atoms with Crippen molar-refractivity contribution in [3.63, 3.8) is 0 Å². The van der Waals surface area contributed by atoms with Crippen molar-refractivity contribution in [3.05, 3.63) is 80.8 Å². The van der Waals surface area contributed by atoms with Crippen molar-refractivity contribution in [2.75, 3.05) is 0 Å². The number of aromatic amines is 2. The zero-order chi connectivity index (χ0) is 25.2. The number of hydrogen-bond acceptors (Lipinski definition) is 6. The van der Waals surface area contributed by atoms with Crippen LogP contribution < -0.4 is 11.2 Å². The standard InChI is InChI=1S/C26H28N8O2/c1-4-7-21-27-24-22(25(35)28-26(36)34(24)14-16(2)3)33(21)15-17-10-12-18(13-11-17)19-8-5-6-9-20(19)23-29-31-32-30-23/h5-6,8-13,16H,4,7,14-15H2,1-3H3,(H,28,35,36)(H,29,30,31,32). The molecule has 0 aliphatic rings. The summed E-state index contributed by atoms with van der Waals surface area (Å²) in [4.78, 5) is 32.7. The predicted molar refractivity (Wildman–Crippen MR) is 138 cm³/mol. The van der Waals surface area contributed by atoms with E-state index in [0.717, 1.165) is 34.5 Å². The Hall–Kier alpha value is -4.34. The van der Waals surface area contributed by atoms with Crippen molar-refractivity contribution in [1.82, 2.24) is 39.7 Å². The quantitative estimate of drug-likeness (QED) is 0.348. The van der Waals surface area contributed by atoms with Gasteiger partial charge in [-0.2, -0.15) is 0 Å². The molecule has 0 spiro atoms. The Bertz CT molecular complexity index is 1610. The fourth-order valence-corrected chi connectivity index (χ4v) is 4.52. The van der Waals surface area contributed by atoms with Crippen LogP contribution in [-0.4, -0.2) is 39.7 Å². The summed E-state index contributed by atoms with van der Waals surface area (Å²) in [5.74, 6) is 1.64. The highest BCUT2D eigenvalue weighted by molar-refractivity contribution is 5.80. The van der Waals surface area contributed by atoms with E-state index in [4.69, 9.17) is 4.98 Å². The maximum atomic E-state index is 12.9. The van der Waals surface area contributed by atoms with Crippen LogP contribution in [0, 0.1) is 5.92 Å². The second-order valence-electron chi connectivity index (χ2n) is 9.29. The van der Waals surface area contributed by atoms with Gasteiger partial charge < -0.3 is 4.57 Å². The van der Waals surface area contributed by atoms with Gasteiger partial charge >= 0.3 is 5.69 Å². The van der Waals surface area contributed by atoms with Gasteiger partial charge in [-0.3, -0.25) is 14.3 Å². The largest absolute Gasteiger partial charge is 0.330 e. The van der Waals surface area contributed by atoms with Crippen LogP contribution in [0.3, 0.4) is 0 Å². The normalized spacial score (nSPS) is 11.6. The number of benzene rings is 2. The lowest BCUT2D eigenvalue weighted by Gasteiger charge is -2.11. The van der Waals surface area contributed by atoms with Gasteiger partial charge in [0.1, 0.15) is 5.82 Å². The average Bonchev–Trinajstić information content (AvgIpc) is 3.52. The molecule has 3 aromatic heterocycles. The van der Waals surface area contributed by atoms with Crippen LogP contribution >= 0.6 is 0 Å². The number of nitrogens with one attached hydrogen (secondary N) is 2. The molecule has 5 aromatic rings. The van der Waals surface area contributed by atoms with Crippen LogP contribution in [0.4, 0.5) is 0 Å². The van der Waals surface area contributed by atoms with Crippen molar-refractivity contribution in [2.24, 2.45) is 5.92 Å². The second-order valence-corrected chi connectivity index (χ2v) is 9.29. The Balaban J connectivity index is 1.55. The Morgan fingerprint density at radius 3 is 2.39 bits per heavy atom. The summed E-state index contributed by atoms with van der Waals surface area (Å²) in [6.45, 7) is 7.11. The third-order valence-electron chi connectivity index (χ3n) is 6.12. The number of hydrogen-bond donors (Lipinski definition) is 2. The zero-order valence-electron chi connectivity index (χ0n) is 20.5. The molecule has 0 bridgehead atoms. The van der Waals surface area contributed by atoms with Gasteiger partial charge in [0, 0.05) is 25.1 Å². The molecule has 0 unspecified atom stereocenters. The van der Waals surface area contributed by atoms with E-state index in [2.05, 4.69) is 44.7 Å². The molecule has 0 saturated heterocycles. The topological polar surface area (TPSA) is 127 Å². The summed E-state index contributed by atoms with van der Waals surface area (Å²) in [6.07, 6.45) is 1.59. The molecule has 0 saturated carbocycles. The maximum absolute atomic E-state index is 12.9. The van der Waals surface area contributed by atoms with Gasteiger partial charge in [0.2, 0.25) is 0 Å². The first-order valence-electron chi connectivity index (χ1n) is 12.1. The lowest BCUT2D eigenvalue weighted by atomic mass is 9.98. The molecular formula is C26H28N8O2. The first-order chi connectivity index (χ1) is 17.5. The Morgan fingerprint density at radius 1 is 0.972 bits per heavy atom. The SMILES string of the molecule is CCCc1nc2c(c(=O)[nH]c(=O)n2CC(C)C)n1Cc1ccc(-c2ccccc2-c2nnn[nH]2)cc1. The molecule has 0 aliphatic heterocycles. The van der Waals surface area contributed by atoms with E-state index >= 15 is 0 Å². The molecule has 184 valence electrons. The summed E-state index contributed by atoms with van der Waals surface area (Å²) in [5, 5.41) is 14.3. The van der Waals surface area contributed by atoms with Crippen molar-refractivity contribution in [1.29, 1.82) is 0 Å². The summed E-state index contributed by atoms with van der Waals surface area (Å²) in [5.41, 5.74) is 4.04. The average molecular weight is 485 g/mol. The number of rotatable bonds is 8. The number of nitrogens with zero attached hydrogens (tertiary/aromatic N) is 6. The second kappa shape index (κ2) is 9.73. The molecule has 5 rings (SSSR count). The molecular weight excluding hydrogens is 456 g/mol. The Morgan fingerprint density at radius 2 is 1.72 bits per heavy atom. The highest BCUT2D eigenvalue weighted by Gasteiger charge is 2.19.